The zero-order valence-corrected chi connectivity index (χ0v) is 11.5. The van der Waals surface area contributed by atoms with E-state index in [0.29, 0.717) is 0 Å². The van der Waals surface area contributed by atoms with E-state index in [1.54, 1.807) is 0 Å². The lowest BCUT2D eigenvalue weighted by Crippen LogP contribution is -2.06. The fourth-order valence-electron chi connectivity index (χ4n) is 1.01. The highest BCUT2D eigenvalue weighted by Crippen LogP contribution is 2.41. The van der Waals surface area contributed by atoms with Crippen LogP contribution in [-0.4, -0.2) is 22.2 Å². The highest BCUT2D eigenvalue weighted by atomic mass is 35.5. The van der Waals surface area contributed by atoms with Gasteiger partial charge in [0.15, 0.2) is 0 Å². The normalized spacial score (nSPS) is 9.65. The lowest BCUT2D eigenvalue weighted by Gasteiger charge is -2.10. The number of halogens is 5. The van der Waals surface area contributed by atoms with E-state index in [1.165, 1.54) is 0 Å². The van der Waals surface area contributed by atoms with Crippen LogP contribution in [0.1, 0.15) is 20.7 Å². The molecule has 0 unspecified atom stereocenters. The minimum Gasteiger partial charge on any atom is -0.478 e. The van der Waals surface area contributed by atoms with Crippen LogP contribution in [-0.2, 0) is 0 Å². The van der Waals surface area contributed by atoms with Gasteiger partial charge in [-0.2, -0.15) is 0 Å². The summed E-state index contributed by atoms with van der Waals surface area (Å²) in [6, 6.07) is 0. The monoisotopic (exact) mass is 338 g/mol. The molecule has 0 saturated heterocycles. The number of benzene rings is 1. The number of hydrogen-bond acceptors (Lipinski definition) is 2. The van der Waals surface area contributed by atoms with Gasteiger partial charge in [0.1, 0.15) is 0 Å². The van der Waals surface area contributed by atoms with Gasteiger partial charge in [-0.15, -0.1) is 12.4 Å². The summed E-state index contributed by atoms with van der Waals surface area (Å²) in [5.41, 5.74) is -1.05. The molecule has 0 bridgehead atoms. The molecule has 94 valence electrons. The molecule has 2 N–H and O–H groups in total. The third-order valence-electron chi connectivity index (χ3n) is 1.69. The zero-order valence-electron chi connectivity index (χ0n) is 7.63. The van der Waals surface area contributed by atoms with Crippen molar-refractivity contribution in [2.45, 2.75) is 0 Å². The molecule has 0 amide bonds. The predicted molar refractivity (Wildman–Crippen MR) is 67.6 cm³/mol. The number of carbonyl (C=O) groups is 2. The van der Waals surface area contributed by atoms with Crippen molar-refractivity contribution in [3.63, 3.8) is 0 Å². The number of carboxylic acids is 2. The van der Waals surface area contributed by atoms with E-state index in [1.807, 2.05) is 0 Å². The maximum atomic E-state index is 10.8. The summed E-state index contributed by atoms with van der Waals surface area (Å²) in [5.74, 6) is -2.90. The minimum absolute atomic E-state index is 0. The minimum atomic E-state index is -1.45. The fourth-order valence-corrected chi connectivity index (χ4v) is 2.18. The topological polar surface area (TPSA) is 74.6 Å². The van der Waals surface area contributed by atoms with Gasteiger partial charge in [0.25, 0.3) is 0 Å². The van der Waals surface area contributed by atoms with Crippen molar-refractivity contribution < 1.29 is 19.8 Å². The first-order valence-electron chi connectivity index (χ1n) is 3.61. The van der Waals surface area contributed by atoms with E-state index in [4.69, 9.17) is 56.6 Å². The van der Waals surface area contributed by atoms with Crippen molar-refractivity contribution in [3.05, 3.63) is 31.2 Å². The molecule has 1 rings (SSSR count). The smallest absolute Gasteiger partial charge is 0.338 e. The molecule has 1 aromatic rings. The molecule has 0 spiro atoms. The lowest BCUT2D eigenvalue weighted by molar-refractivity contribution is 0.0681. The molecular weight excluding hydrogens is 337 g/mol. The molecule has 0 aliphatic heterocycles. The van der Waals surface area contributed by atoms with E-state index in [2.05, 4.69) is 0 Å². The summed E-state index contributed by atoms with van der Waals surface area (Å²) in [6.45, 7) is 0. The molecule has 0 aromatic heterocycles. The van der Waals surface area contributed by atoms with Crippen LogP contribution in [0.4, 0.5) is 0 Å². The van der Waals surface area contributed by atoms with Crippen LogP contribution >= 0.6 is 58.8 Å². The molecule has 0 heterocycles. The van der Waals surface area contributed by atoms with Gasteiger partial charge >= 0.3 is 11.9 Å². The third-order valence-corrected chi connectivity index (χ3v) is 3.40. The average molecular weight is 340 g/mol. The Balaban J connectivity index is 0.00000256. The molecule has 17 heavy (non-hydrogen) atoms. The SMILES string of the molecule is Cl.O=C(O)c1c(Cl)c(Cl)c(C(=O)O)c(Cl)c1Cl. The Bertz CT molecular complexity index is 425. The van der Waals surface area contributed by atoms with E-state index < -0.39 is 43.2 Å². The fraction of sp³-hybridized carbons (Fsp3) is 0. The average Bonchev–Trinajstić information content (AvgIpc) is 2.14. The van der Waals surface area contributed by atoms with Gasteiger partial charge < -0.3 is 10.2 Å². The standard InChI is InChI=1S/C8H2Cl4O4.ClH/c9-3-1(7(13)14)4(10)6(12)2(5(3)11)8(15)16;/h(H,13,14)(H,15,16);1H. The molecule has 0 saturated carbocycles. The Kier molecular flexibility index (Phi) is 5.84. The van der Waals surface area contributed by atoms with Gasteiger partial charge in [-0.05, 0) is 0 Å². The third kappa shape index (κ3) is 2.89. The van der Waals surface area contributed by atoms with E-state index >= 15 is 0 Å². The van der Waals surface area contributed by atoms with Gasteiger partial charge in [0, 0.05) is 0 Å². The number of hydrogen-bond donors (Lipinski definition) is 2. The summed E-state index contributed by atoms with van der Waals surface area (Å²) in [5, 5.41) is 15.8. The quantitative estimate of drug-likeness (QED) is 0.794. The second-order valence-electron chi connectivity index (χ2n) is 2.62. The molecule has 4 nitrogen and oxygen atoms in total. The van der Waals surface area contributed by atoms with E-state index in [9.17, 15) is 9.59 Å². The second kappa shape index (κ2) is 5.98. The van der Waals surface area contributed by atoms with Crippen LogP contribution in [0.2, 0.25) is 20.1 Å². The van der Waals surface area contributed by atoms with Crippen molar-refractivity contribution in [1.82, 2.24) is 0 Å². The van der Waals surface area contributed by atoms with Crippen molar-refractivity contribution in [1.29, 1.82) is 0 Å². The van der Waals surface area contributed by atoms with Crippen LogP contribution in [0.3, 0.4) is 0 Å². The molecule has 9 heteroatoms. The molecule has 0 aliphatic rings. The van der Waals surface area contributed by atoms with Crippen molar-refractivity contribution in [2.75, 3.05) is 0 Å². The summed E-state index contributed by atoms with van der Waals surface area (Å²) >= 11 is 22.4. The number of aromatic carboxylic acids is 2. The Hall–Kier alpha value is -0.390. The van der Waals surface area contributed by atoms with Gasteiger partial charge in [0.05, 0.1) is 31.2 Å². The number of rotatable bonds is 2. The zero-order chi connectivity index (χ0) is 12.6. The molecule has 0 atom stereocenters. The summed E-state index contributed by atoms with van der Waals surface area (Å²) in [6.07, 6.45) is 0. The van der Waals surface area contributed by atoms with Crippen LogP contribution < -0.4 is 0 Å². The largest absolute Gasteiger partial charge is 0.478 e. The summed E-state index contributed by atoms with van der Waals surface area (Å²) < 4.78 is 0. The van der Waals surface area contributed by atoms with Crippen LogP contribution in [0, 0.1) is 0 Å². The predicted octanol–water partition coefficient (Wildman–Crippen LogP) is 4.12. The Labute approximate surface area is 121 Å². The van der Waals surface area contributed by atoms with Gasteiger partial charge in [0.2, 0.25) is 0 Å². The first-order chi connectivity index (χ1) is 7.29. The molecule has 1 aromatic carbocycles. The molecule has 0 radical (unpaired) electrons. The van der Waals surface area contributed by atoms with Crippen molar-refractivity contribution in [2.24, 2.45) is 0 Å². The Morgan fingerprint density at radius 3 is 1.00 bits per heavy atom. The maximum Gasteiger partial charge on any atom is 0.338 e. The van der Waals surface area contributed by atoms with Crippen molar-refractivity contribution in [3.8, 4) is 0 Å². The second-order valence-corrected chi connectivity index (χ2v) is 4.13. The molecular formula is C8H3Cl5O4. The molecule has 0 aliphatic carbocycles. The lowest BCUT2D eigenvalue weighted by atomic mass is 10.1. The Morgan fingerprint density at radius 2 is 0.882 bits per heavy atom. The van der Waals surface area contributed by atoms with Crippen LogP contribution in [0.5, 0.6) is 0 Å². The summed E-state index contributed by atoms with van der Waals surface area (Å²) in [7, 11) is 0. The van der Waals surface area contributed by atoms with Gasteiger partial charge in [-0.25, -0.2) is 9.59 Å². The highest BCUT2D eigenvalue weighted by molar-refractivity contribution is 6.52. The maximum absolute atomic E-state index is 10.8. The Morgan fingerprint density at radius 1 is 0.706 bits per heavy atom. The summed E-state index contributed by atoms with van der Waals surface area (Å²) in [4.78, 5) is 21.6. The highest BCUT2D eigenvalue weighted by Gasteiger charge is 2.27. The van der Waals surface area contributed by atoms with Gasteiger partial charge in [-0.3, -0.25) is 0 Å². The number of carboxylic acid groups (broad SMARTS) is 2. The van der Waals surface area contributed by atoms with Gasteiger partial charge in [-0.1, -0.05) is 46.4 Å². The van der Waals surface area contributed by atoms with Crippen LogP contribution in [0.15, 0.2) is 0 Å². The van der Waals surface area contributed by atoms with E-state index in [-0.39, 0.29) is 12.4 Å². The van der Waals surface area contributed by atoms with E-state index in [0.717, 1.165) is 0 Å². The molecule has 0 fully saturated rings. The van der Waals surface area contributed by atoms with Crippen molar-refractivity contribution >= 4 is 70.7 Å². The van der Waals surface area contributed by atoms with Crippen LogP contribution in [0.25, 0.3) is 0 Å². The first-order valence-corrected chi connectivity index (χ1v) is 5.12. The first kappa shape index (κ1) is 16.6.